The van der Waals surface area contributed by atoms with Crippen molar-refractivity contribution in [2.24, 2.45) is 0 Å². The van der Waals surface area contributed by atoms with E-state index >= 15 is 0 Å². The molecule has 0 radical (unpaired) electrons. The molecule has 0 unspecified atom stereocenters. The quantitative estimate of drug-likeness (QED) is 0.400. The lowest BCUT2D eigenvalue weighted by Gasteiger charge is -1.36. The Labute approximate surface area is 37.3 Å². The molecule has 0 atom stereocenters. The van der Waals surface area contributed by atoms with Crippen LogP contribution in [0.1, 0.15) is 6.92 Å². The molecule has 0 aliphatic rings. The second-order valence-corrected chi connectivity index (χ2v) is 2.19. The van der Waals surface area contributed by atoms with Crippen molar-refractivity contribution in [1.29, 1.82) is 0 Å². The fraction of sp³-hybridized carbons (Fsp3) is 0.500. The molecule has 0 aromatic carbocycles. The minimum absolute atomic E-state index is 0.513. The maximum Gasteiger partial charge on any atom is 0.156 e. The Morgan fingerprint density at radius 3 is 2.40 bits per heavy atom. The van der Waals surface area contributed by atoms with Gasteiger partial charge in [0.05, 0.1) is 0 Å². The minimum atomic E-state index is 0.513. The lowest BCUT2D eigenvalue weighted by Crippen LogP contribution is -1.44. The van der Waals surface area contributed by atoms with Crippen molar-refractivity contribution in [1.82, 2.24) is 0 Å². The van der Waals surface area contributed by atoms with Gasteiger partial charge in [-0.2, -0.15) is 0 Å². The van der Waals surface area contributed by atoms with Crippen molar-refractivity contribution in [3.8, 4) is 0 Å². The molecular weight excluding hydrogens is 104 g/mol. The highest BCUT2D eigenvalue weighted by Gasteiger charge is 1.34. The van der Waals surface area contributed by atoms with Crippen molar-refractivity contribution in [3.63, 3.8) is 0 Å². The molecule has 1 nitrogen and oxygen atoms in total. The molecule has 0 bridgehead atoms. The van der Waals surface area contributed by atoms with E-state index in [-0.39, 0.29) is 0 Å². The first-order valence-electron chi connectivity index (χ1n) is 1.15. The summed E-state index contributed by atoms with van der Waals surface area (Å²) in [6.45, 7) is 1.83. The van der Waals surface area contributed by atoms with E-state index in [0.717, 1.165) is 0 Å². The standard InChI is InChI=1S/C2H4OS2/c1-2-4-5-3/h2H,1H3. The molecule has 3 heteroatoms. The van der Waals surface area contributed by atoms with Gasteiger partial charge in [0.1, 0.15) is 0 Å². The summed E-state index contributed by atoms with van der Waals surface area (Å²) in [6, 6.07) is 0. The third kappa shape index (κ3) is 4.11. The Morgan fingerprint density at radius 2 is 2.40 bits per heavy atom. The van der Waals surface area contributed by atoms with Gasteiger partial charge in [-0.25, -0.2) is 4.21 Å². The van der Waals surface area contributed by atoms with Crippen LogP contribution < -0.4 is 0 Å². The van der Waals surface area contributed by atoms with E-state index in [0.29, 0.717) is 10.2 Å². The summed E-state index contributed by atoms with van der Waals surface area (Å²) in [5.41, 5.74) is 0. The zero-order chi connectivity index (χ0) is 4.12. The predicted molar refractivity (Wildman–Crippen MR) is 27.2 cm³/mol. The van der Waals surface area contributed by atoms with Gasteiger partial charge < -0.3 is 0 Å². The maximum atomic E-state index is 9.38. The van der Waals surface area contributed by atoms with Gasteiger partial charge in [0.2, 0.25) is 0 Å². The van der Waals surface area contributed by atoms with Crippen LogP contribution in [0.2, 0.25) is 0 Å². The highest BCUT2D eigenvalue weighted by Crippen LogP contribution is 1.27. The molecule has 0 spiro atoms. The summed E-state index contributed by atoms with van der Waals surface area (Å²) in [6.07, 6.45) is 0. The molecular formula is C2H4OS2. The molecule has 5 heavy (non-hydrogen) atoms. The van der Waals surface area contributed by atoms with E-state index in [9.17, 15) is 4.21 Å². The highest BCUT2D eigenvalue weighted by molar-refractivity contribution is 8.19. The SMILES string of the molecule is CC=S=S=O. The van der Waals surface area contributed by atoms with Crippen LogP contribution in [0.3, 0.4) is 0 Å². The molecule has 0 N–H and O–H groups in total. The Kier molecular flexibility index (Phi) is 4.20. The highest BCUT2D eigenvalue weighted by atomic mass is 32.8. The van der Waals surface area contributed by atoms with Gasteiger partial charge >= 0.3 is 0 Å². The largest absolute Gasteiger partial charge is 0.200 e. The molecule has 0 aromatic heterocycles. The van der Waals surface area contributed by atoms with E-state index < -0.39 is 0 Å². The molecule has 0 saturated carbocycles. The third-order valence-electron chi connectivity index (χ3n) is 0.136. The zero-order valence-electron chi connectivity index (χ0n) is 2.80. The number of hydrogen-bond donors (Lipinski definition) is 0. The van der Waals surface area contributed by atoms with Gasteiger partial charge in [0, 0.05) is 0 Å². The van der Waals surface area contributed by atoms with Crippen molar-refractivity contribution < 1.29 is 4.21 Å². The molecule has 0 aliphatic heterocycles. The Bertz CT molecular complexity index is 85.8. The zero-order valence-corrected chi connectivity index (χ0v) is 4.44. The topological polar surface area (TPSA) is 17.1 Å². The fourth-order valence-corrected chi connectivity index (χ4v) is 0.354. The molecule has 0 aliphatic carbocycles. The molecule has 0 rings (SSSR count). The summed E-state index contributed by atoms with van der Waals surface area (Å²) < 4.78 is 9.38. The van der Waals surface area contributed by atoms with E-state index in [1.807, 2.05) is 6.92 Å². The Hall–Kier alpha value is 0.110. The lowest BCUT2D eigenvalue weighted by atomic mass is 11.0. The van der Waals surface area contributed by atoms with Crippen LogP contribution in [0.15, 0.2) is 0 Å². The number of rotatable bonds is 0. The van der Waals surface area contributed by atoms with Crippen LogP contribution in [-0.2, 0) is 20.1 Å². The van der Waals surface area contributed by atoms with Crippen LogP contribution in [0.25, 0.3) is 0 Å². The van der Waals surface area contributed by atoms with E-state index in [2.05, 4.69) is 0 Å². The normalized spacial score (nSPS) is 5.80. The van der Waals surface area contributed by atoms with Crippen molar-refractivity contribution in [2.45, 2.75) is 6.92 Å². The second kappa shape index (κ2) is 4.11. The average molecular weight is 108 g/mol. The van der Waals surface area contributed by atoms with Crippen molar-refractivity contribution in [2.75, 3.05) is 0 Å². The molecule has 0 fully saturated rings. The Morgan fingerprint density at radius 1 is 1.80 bits per heavy atom. The first kappa shape index (κ1) is 5.11. The van der Waals surface area contributed by atoms with Crippen LogP contribution >= 0.6 is 0 Å². The summed E-state index contributed by atoms with van der Waals surface area (Å²) >= 11 is 0. The van der Waals surface area contributed by atoms with Gasteiger partial charge in [-0.1, -0.05) is 9.91 Å². The minimum Gasteiger partial charge on any atom is -0.200 e. The summed E-state index contributed by atoms with van der Waals surface area (Å²) in [7, 11) is 1.71. The third-order valence-corrected chi connectivity index (χ3v) is 1.22. The molecule has 30 valence electrons. The second-order valence-electron chi connectivity index (χ2n) is 0.400. The average Bonchev–Trinajstić information content (AvgIpc) is 1.41. The molecule has 0 amide bonds. The lowest BCUT2D eigenvalue weighted by molar-refractivity contribution is 0.702. The first-order chi connectivity index (χ1) is 2.41. The van der Waals surface area contributed by atoms with Gasteiger partial charge in [0.25, 0.3) is 0 Å². The molecule has 0 heterocycles. The molecule has 0 aromatic rings. The summed E-state index contributed by atoms with van der Waals surface area (Å²) in [4.78, 5) is 0. The smallest absolute Gasteiger partial charge is 0.156 e. The Balaban J connectivity index is 3.75. The van der Waals surface area contributed by atoms with Gasteiger partial charge in [-0.05, 0) is 12.3 Å². The van der Waals surface area contributed by atoms with Crippen LogP contribution in [0, 0.1) is 0 Å². The van der Waals surface area contributed by atoms with Crippen molar-refractivity contribution >= 4 is 25.5 Å². The van der Waals surface area contributed by atoms with Gasteiger partial charge in [-0.15, -0.1) is 0 Å². The molecule has 0 saturated heterocycles. The predicted octanol–water partition coefficient (Wildman–Crippen LogP) is 0.0191. The van der Waals surface area contributed by atoms with Crippen LogP contribution in [0.4, 0.5) is 0 Å². The summed E-state index contributed by atoms with van der Waals surface area (Å²) in [5, 5.41) is 1.75. The maximum absolute atomic E-state index is 9.38. The van der Waals surface area contributed by atoms with Gasteiger partial charge in [-0.3, -0.25) is 0 Å². The van der Waals surface area contributed by atoms with Gasteiger partial charge in [0.15, 0.2) is 10.2 Å². The van der Waals surface area contributed by atoms with E-state index in [1.165, 1.54) is 9.91 Å². The summed E-state index contributed by atoms with van der Waals surface area (Å²) in [5.74, 6) is 0. The van der Waals surface area contributed by atoms with Crippen molar-refractivity contribution in [3.05, 3.63) is 0 Å². The van der Waals surface area contributed by atoms with Crippen LogP contribution in [0.5, 0.6) is 0 Å². The van der Waals surface area contributed by atoms with E-state index in [4.69, 9.17) is 0 Å². The monoisotopic (exact) mass is 108 g/mol. The number of hydrogen-bond acceptors (Lipinski definition) is 1. The van der Waals surface area contributed by atoms with E-state index in [1.54, 1.807) is 5.37 Å². The fourth-order valence-electron chi connectivity index (χ4n) is 0.0393. The van der Waals surface area contributed by atoms with Crippen LogP contribution in [-0.4, -0.2) is 9.58 Å². The first-order valence-corrected chi connectivity index (χ1v) is 3.28.